The van der Waals surface area contributed by atoms with Crippen LogP contribution in [0.4, 0.5) is 0 Å². The third-order valence-corrected chi connectivity index (χ3v) is 5.12. The van der Waals surface area contributed by atoms with Gasteiger partial charge in [0.1, 0.15) is 5.56 Å². The molecule has 0 aromatic carbocycles. The zero-order valence-electron chi connectivity index (χ0n) is 14.1. The first-order valence-electron chi connectivity index (χ1n) is 8.16. The van der Waals surface area contributed by atoms with Crippen LogP contribution in [0.1, 0.15) is 53.7 Å². The fourth-order valence-corrected chi connectivity index (χ4v) is 3.42. The number of rotatable bonds is 5. The predicted molar refractivity (Wildman–Crippen MR) is 91.3 cm³/mol. The number of piperidine rings is 1. The van der Waals surface area contributed by atoms with Crippen molar-refractivity contribution in [1.82, 2.24) is 9.88 Å². The lowest BCUT2D eigenvalue weighted by atomic mass is 9.96. The standard InChI is InChI=1S/C17H25ClN2O3/c1-11-14(16(21)19-12(2)15(11)18)17(22)20-9-5-4-7-13(20)8-6-10-23-3/h13H,4-10H2,1-3H3,(H,19,21). The fourth-order valence-electron chi connectivity index (χ4n) is 3.28. The van der Waals surface area contributed by atoms with Crippen molar-refractivity contribution in [1.29, 1.82) is 0 Å². The van der Waals surface area contributed by atoms with Crippen LogP contribution in [0, 0.1) is 13.8 Å². The summed E-state index contributed by atoms with van der Waals surface area (Å²) < 4.78 is 5.10. The second kappa shape index (κ2) is 7.97. The van der Waals surface area contributed by atoms with E-state index in [1.165, 1.54) is 0 Å². The normalized spacial score (nSPS) is 18.3. The smallest absolute Gasteiger partial charge is 0.261 e. The molecule has 23 heavy (non-hydrogen) atoms. The molecule has 0 spiro atoms. The van der Waals surface area contributed by atoms with Gasteiger partial charge in [-0.3, -0.25) is 9.59 Å². The summed E-state index contributed by atoms with van der Waals surface area (Å²) in [6.07, 6.45) is 4.88. The fraction of sp³-hybridized carbons (Fsp3) is 0.647. The Morgan fingerprint density at radius 1 is 1.39 bits per heavy atom. The van der Waals surface area contributed by atoms with Crippen molar-refractivity contribution in [2.24, 2.45) is 0 Å². The monoisotopic (exact) mass is 340 g/mol. The van der Waals surface area contributed by atoms with Gasteiger partial charge in [-0.15, -0.1) is 0 Å². The molecular formula is C17H25ClN2O3. The highest BCUT2D eigenvalue weighted by molar-refractivity contribution is 6.32. The molecule has 2 rings (SSSR count). The van der Waals surface area contributed by atoms with Crippen LogP contribution in [0.2, 0.25) is 5.02 Å². The highest BCUT2D eigenvalue weighted by Crippen LogP contribution is 2.25. The Hall–Kier alpha value is -1.33. The van der Waals surface area contributed by atoms with Gasteiger partial charge in [-0.25, -0.2) is 0 Å². The van der Waals surface area contributed by atoms with E-state index in [4.69, 9.17) is 16.3 Å². The maximum absolute atomic E-state index is 13.0. The number of hydrogen-bond donors (Lipinski definition) is 1. The second-order valence-electron chi connectivity index (χ2n) is 6.18. The molecule has 1 N–H and O–H groups in total. The first kappa shape index (κ1) is 18.0. The number of aryl methyl sites for hydroxylation is 1. The van der Waals surface area contributed by atoms with E-state index < -0.39 is 0 Å². The molecule has 0 aliphatic carbocycles. The van der Waals surface area contributed by atoms with Gasteiger partial charge in [-0.2, -0.15) is 0 Å². The quantitative estimate of drug-likeness (QED) is 0.838. The average Bonchev–Trinajstić information content (AvgIpc) is 2.53. The second-order valence-corrected chi connectivity index (χ2v) is 6.55. The first-order chi connectivity index (χ1) is 11.0. The predicted octanol–water partition coefficient (Wildman–Crippen LogP) is 3.07. The number of aromatic amines is 1. The molecule has 1 aliphatic rings. The summed E-state index contributed by atoms with van der Waals surface area (Å²) in [5.74, 6) is -0.201. The van der Waals surface area contributed by atoms with Crippen molar-refractivity contribution < 1.29 is 9.53 Å². The number of halogens is 1. The molecular weight excluding hydrogens is 316 g/mol. The van der Waals surface area contributed by atoms with Crippen LogP contribution in [0.25, 0.3) is 0 Å². The molecule has 1 aromatic rings. The number of ether oxygens (including phenoxy) is 1. The number of H-pyrrole nitrogens is 1. The number of pyridine rings is 1. The van der Waals surface area contributed by atoms with E-state index in [1.807, 2.05) is 4.90 Å². The largest absolute Gasteiger partial charge is 0.385 e. The first-order valence-corrected chi connectivity index (χ1v) is 8.54. The van der Waals surface area contributed by atoms with Crippen LogP contribution in [-0.4, -0.2) is 42.1 Å². The Morgan fingerprint density at radius 2 is 2.13 bits per heavy atom. The summed E-state index contributed by atoms with van der Waals surface area (Å²) in [7, 11) is 1.68. The number of hydrogen-bond acceptors (Lipinski definition) is 3. The van der Waals surface area contributed by atoms with E-state index in [0.29, 0.717) is 29.4 Å². The number of methoxy groups -OCH3 is 1. The minimum atomic E-state index is -0.351. The number of nitrogens with one attached hydrogen (secondary N) is 1. The van der Waals surface area contributed by atoms with Crippen molar-refractivity contribution in [3.8, 4) is 0 Å². The lowest BCUT2D eigenvalue weighted by Crippen LogP contribution is -2.45. The van der Waals surface area contributed by atoms with E-state index in [-0.39, 0.29) is 23.1 Å². The lowest BCUT2D eigenvalue weighted by Gasteiger charge is -2.36. The van der Waals surface area contributed by atoms with Crippen molar-refractivity contribution in [2.45, 2.75) is 52.0 Å². The van der Waals surface area contributed by atoms with E-state index in [9.17, 15) is 9.59 Å². The molecule has 0 saturated carbocycles. The maximum Gasteiger partial charge on any atom is 0.261 e. The van der Waals surface area contributed by atoms with Crippen LogP contribution < -0.4 is 5.56 Å². The Bertz CT molecular complexity index is 627. The summed E-state index contributed by atoms with van der Waals surface area (Å²) in [4.78, 5) is 29.8. The summed E-state index contributed by atoms with van der Waals surface area (Å²) in [6, 6.07) is 0.172. The number of likely N-dealkylation sites (tertiary alicyclic amines) is 1. The number of carbonyl (C=O) groups is 1. The molecule has 128 valence electrons. The van der Waals surface area contributed by atoms with Crippen LogP contribution >= 0.6 is 11.6 Å². The molecule has 1 amide bonds. The van der Waals surface area contributed by atoms with E-state index >= 15 is 0 Å². The third kappa shape index (κ3) is 3.96. The average molecular weight is 341 g/mol. The number of nitrogens with zero attached hydrogens (tertiary/aromatic N) is 1. The Balaban J connectivity index is 2.27. The summed E-state index contributed by atoms with van der Waals surface area (Å²) in [5, 5.41) is 0.459. The molecule has 2 heterocycles. The van der Waals surface area contributed by atoms with Crippen molar-refractivity contribution in [3.05, 3.63) is 32.2 Å². The summed E-state index contributed by atoms with van der Waals surface area (Å²) in [6.45, 7) is 4.86. The minimum Gasteiger partial charge on any atom is -0.385 e. The SMILES string of the molecule is COCCCC1CCCCN1C(=O)c1c(C)c(Cl)c(C)[nH]c1=O. The molecule has 6 heteroatoms. The van der Waals surface area contributed by atoms with Crippen LogP contribution in [0.5, 0.6) is 0 Å². The van der Waals surface area contributed by atoms with E-state index in [1.54, 1.807) is 21.0 Å². The molecule has 5 nitrogen and oxygen atoms in total. The highest BCUT2D eigenvalue weighted by Gasteiger charge is 2.30. The van der Waals surface area contributed by atoms with Gasteiger partial charge in [0, 0.05) is 32.0 Å². The topological polar surface area (TPSA) is 62.4 Å². The van der Waals surface area contributed by atoms with Crippen LogP contribution in [0.15, 0.2) is 4.79 Å². The third-order valence-electron chi connectivity index (χ3n) is 4.55. The molecule has 1 aromatic heterocycles. The minimum absolute atomic E-state index is 0.172. The Morgan fingerprint density at radius 3 is 2.83 bits per heavy atom. The molecule has 0 bridgehead atoms. The number of carbonyl (C=O) groups excluding carboxylic acids is 1. The van der Waals surface area contributed by atoms with Gasteiger partial charge in [-0.1, -0.05) is 11.6 Å². The summed E-state index contributed by atoms with van der Waals surface area (Å²) >= 11 is 6.22. The number of aromatic nitrogens is 1. The molecule has 0 radical (unpaired) electrons. The molecule has 1 atom stereocenters. The maximum atomic E-state index is 13.0. The molecule has 1 fully saturated rings. The molecule has 1 aliphatic heterocycles. The van der Waals surface area contributed by atoms with Gasteiger partial charge >= 0.3 is 0 Å². The Kier molecular flexibility index (Phi) is 6.25. The van der Waals surface area contributed by atoms with Gasteiger partial charge in [0.05, 0.1) is 5.02 Å². The van der Waals surface area contributed by atoms with Crippen molar-refractivity contribution >= 4 is 17.5 Å². The lowest BCUT2D eigenvalue weighted by molar-refractivity contribution is 0.0582. The van der Waals surface area contributed by atoms with Crippen molar-refractivity contribution in [3.63, 3.8) is 0 Å². The van der Waals surface area contributed by atoms with Gasteiger partial charge in [0.25, 0.3) is 11.5 Å². The van der Waals surface area contributed by atoms with Gasteiger partial charge in [0.2, 0.25) is 0 Å². The van der Waals surface area contributed by atoms with E-state index in [0.717, 1.165) is 32.1 Å². The van der Waals surface area contributed by atoms with E-state index in [2.05, 4.69) is 4.98 Å². The van der Waals surface area contributed by atoms with Gasteiger partial charge < -0.3 is 14.6 Å². The van der Waals surface area contributed by atoms with Crippen LogP contribution in [-0.2, 0) is 4.74 Å². The Labute approximate surface area is 142 Å². The van der Waals surface area contributed by atoms with Gasteiger partial charge in [0.15, 0.2) is 0 Å². The molecule has 1 saturated heterocycles. The molecule has 1 unspecified atom stereocenters. The summed E-state index contributed by atoms with van der Waals surface area (Å²) in [5.41, 5.74) is 0.995. The zero-order valence-corrected chi connectivity index (χ0v) is 14.8. The van der Waals surface area contributed by atoms with Gasteiger partial charge in [-0.05, 0) is 51.5 Å². The zero-order chi connectivity index (χ0) is 17.0. The highest BCUT2D eigenvalue weighted by atomic mass is 35.5. The van der Waals surface area contributed by atoms with Crippen molar-refractivity contribution in [2.75, 3.05) is 20.3 Å². The number of amides is 1. The van der Waals surface area contributed by atoms with Crippen LogP contribution in [0.3, 0.4) is 0 Å².